The molecule has 2 aromatic carbocycles. The van der Waals surface area contributed by atoms with E-state index in [-0.39, 0.29) is 17.8 Å². The van der Waals surface area contributed by atoms with E-state index in [0.717, 1.165) is 23.3 Å². The summed E-state index contributed by atoms with van der Waals surface area (Å²) in [4.78, 5) is 12.1. The van der Waals surface area contributed by atoms with Crippen LogP contribution in [0, 0.1) is 11.6 Å². The van der Waals surface area contributed by atoms with E-state index >= 15 is 0 Å². The van der Waals surface area contributed by atoms with Crippen molar-refractivity contribution < 1.29 is 23.0 Å². The summed E-state index contributed by atoms with van der Waals surface area (Å²) in [5, 5.41) is 2.75. The number of amides is 1. The fourth-order valence-corrected chi connectivity index (χ4v) is 2.16. The van der Waals surface area contributed by atoms with Gasteiger partial charge in [0.15, 0.2) is 17.7 Å². The molecule has 2 aromatic rings. The highest BCUT2D eigenvalue weighted by Gasteiger charge is 2.15. The van der Waals surface area contributed by atoms with Crippen molar-refractivity contribution >= 4 is 5.91 Å². The lowest BCUT2D eigenvalue weighted by Gasteiger charge is -2.15. The summed E-state index contributed by atoms with van der Waals surface area (Å²) in [7, 11) is 0. The number of hydrogen-bond donors (Lipinski definition) is 1. The van der Waals surface area contributed by atoms with Gasteiger partial charge in [-0.05, 0) is 44.0 Å². The van der Waals surface area contributed by atoms with Crippen molar-refractivity contribution in [3.63, 3.8) is 0 Å². The molecule has 0 aliphatic carbocycles. The molecule has 0 fully saturated rings. The highest BCUT2D eigenvalue weighted by atomic mass is 19.2. The summed E-state index contributed by atoms with van der Waals surface area (Å²) in [6.45, 7) is 6.39. The van der Waals surface area contributed by atoms with Crippen LogP contribution in [0.5, 0.6) is 5.75 Å². The van der Waals surface area contributed by atoms with Crippen LogP contribution in [0.4, 0.5) is 8.78 Å². The Morgan fingerprint density at radius 1 is 1.00 bits per heavy atom. The fourth-order valence-electron chi connectivity index (χ4n) is 2.16. The topological polar surface area (TPSA) is 47.6 Å². The minimum atomic E-state index is -1.02. The van der Waals surface area contributed by atoms with Crippen molar-refractivity contribution in [2.45, 2.75) is 46.1 Å². The molecule has 0 radical (unpaired) electrons. The third-order valence-electron chi connectivity index (χ3n) is 3.65. The van der Waals surface area contributed by atoms with Crippen molar-refractivity contribution in [2.75, 3.05) is 0 Å². The second-order valence-corrected chi connectivity index (χ2v) is 6.23. The van der Waals surface area contributed by atoms with Gasteiger partial charge in [-0.25, -0.2) is 8.78 Å². The summed E-state index contributed by atoms with van der Waals surface area (Å²) in [5.74, 6) is -2.23. The zero-order valence-electron chi connectivity index (χ0n) is 15.1. The van der Waals surface area contributed by atoms with Crippen molar-refractivity contribution in [2.24, 2.45) is 0 Å². The Morgan fingerprint density at radius 2 is 1.65 bits per heavy atom. The normalized spacial score (nSPS) is 12.1. The Hall–Kier alpha value is -2.47. The fraction of sp³-hybridized carbons (Fsp3) is 0.350. The van der Waals surface area contributed by atoms with Gasteiger partial charge in [0.1, 0.15) is 5.75 Å². The van der Waals surface area contributed by atoms with Crippen LogP contribution in [0.25, 0.3) is 0 Å². The van der Waals surface area contributed by atoms with E-state index < -0.39 is 17.7 Å². The molecular weight excluding hydrogens is 340 g/mol. The summed E-state index contributed by atoms with van der Waals surface area (Å²) in [6.07, 6.45) is -0.663. The SMILES string of the molecule is CC(C)OCc1ccc(CNC(=O)C(C)Oc2ccc(F)c(F)c2)cc1. The van der Waals surface area contributed by atoms with Gasteiger partial charge in [0, 0.05) is 12.6 Å². The summed E-state index contributed by atoms with van der Waals surface area (Å²) >= 11 is 0. The van der Waals surface area contributed by atoms with Crippen LogP contribution in [0.2, 0.25) is 0 Å². The van der Waals surface area contributed by atoms with Gasteiger partial charge in [0.25, 0.3) is 5.91 Å². The Morgan fingerprint density at radius 3 is 2.27 bits per heavy atom. The summed E-state index contributed by atoms with van der Waals surface area (Å²) in [6, 6.07) is 10.9. The number of halogens is 2. The zero-order valence-corrected chi connectivity index (χ0v) is 15.1. The van der Waals surface area contributed by atoms with E-state index in [9.17, 15) is 13.6 Å². The van der Waals surface area contributed by atoms with Gasteiger partial charge in [-0.1, -0.05) is 24.3 Å². The van der Waals surface area contributed by atoms with Crippen molar-refractivity contribution in [3.8, 4) is 5.75 Å². The van der Waals surface area contributed by atoms with Crippen LogP contribution in [-0.2, 0) is 22.7 Å². The van der Waals surface area contributed by atoms with Crippen LogP contribution >= 0.6 is 0 Å². The van der Waals surface area contributed by atoms with Gasteiger partial charge < -0.3 is 14.8 Å². The Labute approximate surface area is 152 Å². The van der Waals surface area contributed by atoms with Crippen molar-refractivity contribution in [1.82, 2.24) is 5.32 Å². The average Bonchev–Trinajstić information content (AvgIpc) is 2.61. The van der Waals surface area contributed by atoms with Crippen molar-refractivity contribution in [1.29, 1.82) is 0 Å². The second-order valence-electron chi connectivity index (χ2n) is 6.23. The molecule has 26 heavy (non-hydrogen) atoms. The first-order chi connectivity index (χ1) is 12.3. The molecule has 0 aliphatic heterocycles. The largest absolute Gasteiger partial charge is 0.481 e. The van der Waals surface area contributed by atoms with E-state index in [1.165, 1.54) is 6.07 Å². The Balaban J connectivity index is 1.82. The van der Waals surface area contributed by atoms with Crippen LogP contribution in [0.15, 0.2) is 42.5 Å². The molecule has 0 spiro atoms. The van der Waals surface area contributed by atoms with Gasteiger partial charge in [-0.2, -0.15) is 0 Å². The lowest BCUT2D eigenvalue weighted by molar-refractivity contribution is -0.127. The molecule has 140 valence electrons. The minimum absolute atomic E-state index is 0.0982. The van der Waals surface area contributed by atoms with Crippen LogP contribution in [0.1, 0.15) is 31.9 Å². The minimum Gasteiger partial charge on any atom is -0.481 e. The molecule has 0 saturated carbocycles. The average molecular weight is 363 g/mol. The number of nitrogens with one attached hydrogen (secondary N) is 1. The maximum atomic E-state index is 13.2. The Kier molecular flexibility index (Phi) is 7.09. The monoisotopic (exact) mass is 363 g/mol. The smallest absolute Gasteiger partial charge is 0.261 e. The maximum Gasteiger partial charge on any atom is 0.261 e. The van der Waals surface area contributed by atoms with Crippen molar-refractivity contribution in [3.05, 3.63) is 65.2 Å². The number of rotatable bonds is 8. The number of ether oxygens (including phenoxy) is 2. The van der Waals surface area contributed by atoms with Gasteiger partial charge in [0.05, 0.1) is 12.7 Å². The zero-order chi connectivity index (χ0) is 19.1. The van der Waals surface area contributed by atoms with E-state index in [0.29, 0.717) is 13.2 Å². The molecule has 6 heteroatoms. The number of carbonyl (C=O) groups excluding carboxylic acids is 1. The predicted octanol–water partition coefficient (Wildman–Crippen LogP) is 3.97. The quantitative estimate of drug-likeness (QED) is 0.772. The number of benzene rings is 2. The van der Waals surface area contributed by atoms with Crippen LogP contribution in [-0.4, -0.2) is 18.1 Å². The van der Waals surface area contributed by atoms with Gasteiger partial charge in [-0.15, -0.1) is 0 Å². The first-order valence-corrected chi connectivity index (χ1v) is 8.44. The highest BCUT2D eigenvalue weighted by molar-refractivity contribution is 5.80. The first kappa shape index (κ1) is 19.8. The summed E-state index contributed by atoms with van der Waals surface area (Å²) in [5.41, 5.74) is 2.00. The molecule has 0 heterocycles. The number of hydrogen-bond acceptors (Lipinski definition) is 3. The van der Waals surface area contributed by atoms with Crippen LogP contribution in [0.3, 0.4) is 0 Å². The third-order valence-corrected chi connectivity index (χ3v) is 3.65. The maximum absolute atomic E-state index is 13.2. The van der Waals surface area contributed by atoms with E-state index in [4.69, 9.17) is 9.47 Å². The van der Waals surface area contributed by atoms with Gasteiger partial charge in [0.2, 0.25) is 0 Å². The van der Waals surface area contributed by atoms with Crippen LogP contribution < -0.4 is 10.1 Å². The molecule has 1 unspecified atom stereocenters. The molecule has 4 nitrogen and oxygen atoms in total. The lowest BCUT2D eigenvalue weighted by Crippen LogP contribution is -2.35. The molecule has 2 rings (SSSR count). The van der Waals surface area contributed by atoms with Gasteiger partial charge in [-0.3, -0.25) is 4.79 Å². The number of carbonyl (C=O) groups is 1. The first-order valence-electron chi connectivity index (χ1n) is 8.44. The summed E-state index contributed by atoms with van der Waals surface area (Å²) < 4.78 is 36.9. The molecular formula is C20H23F2NO3. The Bertz CT molecular complexity index is 732. The molecule has 1 amide bonds. The molecule has 0 bridgehead atoms. The molecule has 0 aliphatic rings. The lowest BCUT2D eigenvalue weighted by atomic mass is 10.1. The standard InChI is InChI=1S/C20H23F2NO3/c1-13(2)25-12-16-6-4-15(5-7-16)11-23-20(24)14(3)26-17-8-9-18(21)19(22)10-17/h4-10,13-14H,11-12H2,1-3H3,(H,23,24). The van der Waals surface area contributed by atoms with Gasteiger partial charge >= 0.3 is 0 Å². The van der Waals surface area contributed by atoms with E-state index in [2.05, 4.69) is 5.32 Å². The third kappa shape index (κ3) is 6.11. The molecule has 0 aromatic heterocycles. The van der Waals surface area contributed by atoms with E-state index in [1.54, 1.807) is 6.92 Å². The molecule has 1 N–H and O–H groups in total. The molecule has 1 atom stereocenters. The van der Waals surface area contributed by atoms with E-state index in [1.807, 2.05) is 38.1 Å². The predicted molar refractivity (Wildman–Crippen MR) is 94.7 cm³/mol. The molecule has 0 saturated heterocycles. The highest BCUT2D eigenvalue weighted by Crippen LogP contribution is 2.17. The second kappa shape index (κ2) is 9.29.